The molecular formula is C10H18N2. The molecule has 0 saturated heterocycles. The Bertz CT molecular complexity index is 172. The van der Waals surface area contributed by atoms with E-state index < -0.39 is 0 Å². The molecule has 1 aromatic rings. The molecule has 2 heteroatoms. The second-order valence-electron chi connectivity index (χ2n) is 2.21. The third-order valence-electron chi connectivity index (χ3n) is 1.39. The van der Waals surface area contributed by atoms with Gasteiger partial charge in [0.2, 0.25) is 0 Å². The van der Waals surface area contributed by atoms with Crippen LogP contribution in [0.1, 0.15) is 19.4 Å². The van der Waals surface area contributed by atoms with E-state index in [1.54, 1.807) is 6.20 Å². The summed E-state index contributed by atoms with van der Waals surface area (Å²) in [6.07, 6.45) is 4.75. The lowest BCUT2D eigenvalue weighted by Gasteiger charge is -1.97. The Morgan fingerprint density at radius 1 is 1.42 bits per heavy atom. The van der Waals surface area contributed by atoms with Gasteiger partial charge in [0, 0.05) is 12.4 Å². The molecule has 2 nitrogen and oxygen atoms in total. The van der Waals surface area contributed by atoms with Crippen molar-refractivity contribution in [2.45, 2.75) is 20.3 Å². The molecule has 0 unspecified atom stereocenters. The number of aromatic nitrogens is 1. The van der Waals surface area contributed by atoms with Gasteiger partial charge in [-0.2, -0.15) is 0 Å². The molecule has 12 heavy (non-hydrogen) atoms. The maximum Gasteiger partial charge on any atom is 0.0300 e. The Morgan fingerprint density at radius 2 is 2.17 bits per heavy atom. The molecular weight excluding hydrogens is 148 g/mol. The summed E-state index contributed by atoms with van der Waals surface area (Å²) in [4.78, 5) is 4.01. The van der Waals surface area contributed by atoms with E-state index in [0.717, 1.165) is 13.0 Å². The molecule has 0 amide bonds. The van der Waals surface area contributed by atoms with E-state index in [0.29, 0.717) is 0 Å². The maximum absolute atomic E-state index is 4.01. The second-order valence-corrected chi connectivity index (χ2v) is 2.21. The molecule has 0 aromatic carbocycles. The van der Waals surface area contributed by atoms with Crippen LogP contribution in [0.15, 0.2) is 24.5 Å². The Morgan fingerprint density at radius 3 is 2.67 bits per heavy atom. The van der Waals surface area contributed by atoms with Crippen molar-refractivity contribution in [2.24, 2.45) is 0 Å². The summed E-state index contributed by atoms with van der Waals surface area (Å²) in [5.41, 5.74) is 1.29. The van der Waals surface area contributed by atoms with Gasteiger partial charge in [-0.05, 0) is 31.6 Å². The lowest BCUT2D eigenvalue weighted by Crippen LogP contribution is -2.10. The number of rotatable bonds is 3. The van der Waals surface area contributed by atoms with Crippen LogP contribution in [0, 0.1) is 0 Å². The third-order valence-corrected chi connectivity index (χ3v) is 1.39. The van der Waals surface area contributed by atoms with Gasteiger partial charge in [-0.1, -0.05) is 19.9 Å². The average Bonchev–Trinajstić information content (AvgIpc) is 2.19. The molecule has 0 aliphatic carbocycles. The molecule has 0 aliphatic heterocycles. The molecule has 0 spiro atoms. The number of pyridine rings is 1. The quantitative estimate of drug-likeness (QED) is 0.741. The van der Waals surface area contributed by atoms with Gasteiger partial charge in [-0.25, -0.2) is 0 Å². The number of hydrogen-bond acceptors (Lipinski definition) is 2. The zero-order valence-corrected chi connectivity index (χ0v) is 8.17. The zero-order chi connectivity index (χ0) is 9.23. The molecule has 1 N–H and O–H groups in total. The monoisotopic (exact) mass is 166 g/mol. The summed E-state index contributed by atoms with van der Waals surface area (Å²) in [5, 5.41) is 3.09. The van der Waals surface area contributed by atoms with Gasteiger partial charge in [-0.3, -0.25) is 4.98 Å². The average molecular weight is 166 g/mol. The van der Waals surface area contributed by atoms with Crippen LogP contribution in [-0.4, -0.2) is 18.6 Å². The van der Waals surface area contributed by atoms with Gasteiger partial charge < -0.3 is 5.32 Å². The Hall–Kier alpha value is -0.890. The van der Waals surface area contributed by atoms with Crippen molar-refractivity contribution in [1.29, 1.82) is 0 Å². The van der Waals surface area contributed by atoms with Crippen molar-refractivity contribution in [3.8, 4) is 0 Å². The van der Waals surface area contributed by atoms with E-state index in [2.05, 4.69) is 16.4 Å². The summed E-state index contributed by atoms with van der Waals surface area (Å²) >= 11 is 0. The summed E-state index contributed by atoms with van der Waals surface area (Å²) in [6.45, 7) is 5.02. The van der Waals surface area contributed by atoms with Crippen molar-refractivity contribution in [3.63, 3.8) is 0 Å². The third kappa shape index (κ3) is 4.85. The predicted molar refractivity (Wildman–Crippen MR) is 53.2 cm³/mol. The van der Waals surface area contributed by atoms with Gasteiger partial charge in [-0.15, -0.1) is 0 Å². The van der Waals surface area contributed by atoms with Gasteiger partial charge >= 0.3 is 0 Å². The lowest BCUT2D eigenvalue weighted by molar-refractivity contribution is 0.789. The standard InChI is InChI=1S/C8H12N2.C2H6/c1-9-6-4-8-3-2-5-10-7-8;1-2/h2-3,5,7,9H,4,6H2,1H3;1-2H3. The molecule has 0 radical (unpaired) electrons. The van der Waals surface area contributed by atoms with Crippen molar-refractivity contribution in [2.75, 3.05) is 13.6 Å². The minimum atomic E-state index is 1.02. The molecule has 1 rings (SSSR count). The van der Waals surface area contributed by atoms with E-state index in [1.807, 2.05) is 33.2 Å². The van der Waals surface area contributed by atoms with Crippen LogP contribution >= 0.6 is 0 Å². The number of hydrogen-bond donors (Lipinski definition) is 1. The highest BCUT2D eigenvalue weighted by Gasteiger charge is 1.87. The van der Waals surface area contributed by atoms with Gasteiger partial charge in [0.25, 0.3) is 0 Å². The predicted octanol–water partition coefficient (Wildman–Crippen LogP) is 1.87. The molecule has 0 aliphatic rings. The summed E-state index contributed by atoms with van der Waals surface area (Å²) in [6, 6.07) is 4.05. The van der Waals surface area contributed by atoms with Crippen LogP contribution < -0.4 is 5.32 Å². The Balaban J connectivity index is 0.000000561. The van der Waals surface area contributed by atoms with Crippen molar-refractivity contribution >= 4 is 0 Å². The first-order valence-electron chi connectivity index (χ1n) is 4.47. The number of likely N-dealkylation sites (N-methyl/N-ethyl adjacent to an activating group) is 1. The molecule has 0 fully saturated rings. The van der Waals surface area contributed by atoms with E-state index >= 15 is 0 Å². The number of nitrogens with one attached hydrogen (secondary N) is 1. The topological polar surface area (TPSA) is 24.9 Å². The Labute approximate surface area is 75.0 Å². The fourth-order valence-corrected chi connectivity index (χ4v) is 0.815. The first-order valence-corrected chi connectivity index (χ1v) is 4.47. The minimum Gasteiger partial charge on any atom is -0.319 e. The zero-order valence-electron chi connectivity index (χ0n) is 8.17. The van der Waals surface area contributed by atoms with Crippen LogP contribution in [-0.2, 0) is 6.42 Å². The van der Waals surface area contributed by atoms with Crippen LogP contribution in [0.5, 0.6) is 0 Å². The maximum atomic E-state index is 4.01. The van der Waals surface area contributed by atoms with Gasteiger partial charge in [0.05, 0.1) is 0 Å². The first kappa shape index (κ1) is 11.1. The summed E-state index contributed by atoms with van der Waals surface area (Å²) in [5.74, 6) is 0. The van der Waals surface area contributed by atoms with E-state index in [4.69, 9.17) is 0 Å². The van der Waals surface area contributed by atoms with Gasteiger partial charge in [0.15, 0.2) is 0 Å². The SMILES string of the molecule is CC.CNCCc1cccnc1. The van der Waals surface area contributed by atoms with E-state index in [9.17, 15) is 0 Å². The van der Waals surface area contributed by atoms with Crippen molar-refractivity contribution in [3.05, 3.63) is 30.1 Å². The minimum absolute atomic E-state index is 1.02. The van der Waals surface area contributed by atoms with Gasteiger partial charge in [0.1, 0.15) is 0 Å². The largest absolute Gasteiger partial charge is 0.319 e. The normalized spacial score (nSPS) is 8.58. The fourth-order valence-electron chi connectivity index (χ4n) is 0.815. The number of nitrogens with zero attached hydrogens (tertiary/aromatic N) is 1. The van der Waals surface area contributed by atoms with Crippen molar-refractivity contribution in [1.82, 2.24) is 10.3 Å². The molecule has 0 saturated carbocycles. The van der Waals surface area contributed by atoms with E-state index in [-0.39, 0.29) is 0 Å². The van der Waals surface area contributed by atoms with Crippen LogP contribution in [0.4, 0.5) is 0 Å². The highest BCUT2D eigenvalue weighted by molar-refractivity contribution is 5.08. The van der Waals surface area contributed by atoms with Crippen LogP contribution in [0.2, 0.25) is 0 Å². The van der Waals surface area contributed by atoms with Crippen LogP contribution in [0.3, 0.4) is 0 Å². The molecule has 1 aromatic heterocycles. The molecule has 68 valence electrons. The molecule has 1 heterocycles. The molecule has 0 bridgehead atoms. The fraction of sp³-hybridized carbons (Fsp3) is 0.500. The van der Waals surface area contributed by atoms with E-state index in [1.165, 1.54) is 5.56 Å². The van der Waals surface area contributed by atoms with Crippen molar-refractivity contribution < 1.29 is 0 Å². The first-order chi connectivity index (χ1) is 5.93. The molecule has 0 atom stereocenters. The summed E-state index contributed by atoms with van der Waals surface area (Å²) < 4.78 is 0. The smallest absolute Gasteiger partial charge is 0.0300 e. The summed E-state index contributed by atoms with van der Waals surface area (Å²) in [7, 11) is 1.95. The Kier molecular flexibility index (Phi) is 7.60. The highest BCUT2D eigenvalue weighted by atomic mass is 14.8. The highest BCUT2D eigenvalue weighted by Crippen LogP contribution is 1.94. The lowest BCUT2D eigenvalue weighted by atomic mass is 10.2. The second kappa shape index (κ2) is 8.21. The van der Waals surface area contributed by atoms with Crippen LogP contribution in [0.25, 0.3) is 0 Å².